The van der Waals surface area contributed by atoms with Crippen molar-refractivity contribution in [3.05, 3.63) is 12.7 Å². The molecule has 0 saturated carbocycles. The topological polar surface area (TPSA) is 15.3 Å². The van der Waals surface area contributed by atoms with Crippen molar-refractivity contribution in [1.82, 2.24) is 10.2 Å². The van der Waals surface area contributed by atoms with Gasteiger partial charge in [0, 0.05) is 18.6 Å². The van der Waals surface area contributed by atoms with Crippen LogP contribution in [0.5, 0.6) is 0 Å². The van der Waals surface area contributed by atoms with E-state index < -0.39 is 0 Å². The highest BCUT2D eigenvalue weighted by molar-refractivity contribution is 4.82. The lowest BCUT2D eigenvalue weighted by Crippen LogP contribution is -2.45. The fourth-order valence-electron chi connectivity index (χ4n) is 2.46. The maximum absolute atomic E-state index is 3.80. The molecule has 0 bridgehead atoms. The summed E-state index contributed by atoms with van der Waals surface area (Å²) in [4.78, 5) is 2.49. The summed E-state index contributed by atoms with van der Waals surface area (Å²) in [5.41, 5.74) is 0. The molecule has 1 saturated heterocycles. The van der Waals surface area contributed by atoms with Crippen molar-refractivity contribution in [1.29, 1.82) is 0 Å². The molecule has 0 aromatic rings. The van der Waals surface area contributed by atoms with E-state index in [1.54, 1.807) is 0 Å². The van der Waals surface area contributed by atoms with Crippen LogP contribution >= 0.6 is 0 Å². The predicted molar refractivity (Wildman–Crippen MR) is 71.8 cm³/mol. The molecular formula is C14H28N2. The number of hydrogen-bond acceptors (Lipinski definition) is 2. The molecule has 2 heteroatoms. The average molecular weight is 224 g/mol. The van der Waals surface area contributed by atoms with Crippen molar-refractivity contribution in [3.8, 4) is 0 Å². The van der Waals surface area contributed by atoms with Crippen LogP contribution < -0.4 is 5.32 Å². The molecule has 0 aliphatic carbocycles. The molecule has 0 aromatic carbocycles. The van der Waals surface area contributed by atoms with E-state index in [4.69, 9.17) is 0 Å². The van der Waals surface area contributed by atoms with E-state index in [0.717, 1.165) is 12.6 Å². The zero-order valence-corrected chi connectivity index (χ0v) is 11.0. The first kappa shape index (κ1) is 13.7. The third-order valence-corrected chi connectivity index (χ3v) is 3.49. The van der Waals surface area contributed by atoms with E-state index in [9.17, 15) is 0 Å². The molecule has 1 unspecified atom stereocenters. The summed E-state index contributed by atoms with van der Waals surface area (Å²) in [7, 11) is 0. The van der Waals surface area contributed by atoms with Gasteiger partial charge in [0.2, 0.25) is 0 Å². The normalized spacial score (nSPS) is 20.9. The highest BCUT2D eigenvalue weighted by atomic mass is 15.1. The molecule has 1 fully saturated rings. The minimum atomic E-state index is 0.691. The Morgan fingerprint density at radius 3 is 2.69 bits per heavy atom. The van der Waals surface area contributed by atoms with Gasteiger partial charge in [-0.15, -0.1) is 6.58 Å². The van der Waals surface area contributed by atoms with Crippen LogP contribution in [0.1, 0.15) is 46.0 Å². The first-order chi connectivity index (χ1) is 7.76. The lowest BCUT2D eigenvalue weighted by Gasteiger charge is -2.33. The van der Waals surface area contributed by atoms with Gasteiger partial charge in [0.25, 0.3) is 0 Å². The number of rotatable bonds is 7. The van der Waals surface area contributed by atoms with Crippen molar-refractivity contribution in [2.45, 2.75) is 58.0 Å². The third kappa shape index (κ3) is 5.13. The van der Waals surface area contributed by atoms with Gasteiger partial charge in [-0.1, -0.05) is 25.8 Å². The van der Waals surface area contributed by atoms with Crippen LogP contribution in [0.3, 0.4) is 0 Å². The number of likely N-dealkylation sites (tertiary alicyclic amines) is 1. The van der Waals surface area contributed by atoms with Crippen LogP contribution in [0.2, 0.25) is 0 Å². The standard InChI is InChI=1S/C14H28N2/c1-4-6-7-13(3)15-14-8-11-16(10-5-2)12-9-14/h5,13-15H,2,4,6-12H2,1,3H3. The Hall–Kier alpha value is -0.340. The van der Waals surface area contributed by atoms with Crippen LogP contribution in [0.25, 0.3) is 0 Å². The fourth-order valence-corrected chi connectivity index (χ4v) is 2.46. The third-order valence-electron chi connectivity index (χ3n) is 3.49. The van der Waals surface area contributed by atoms with Gasteiger partial charge in [0.05, 0.1) is 0 Å². The minimum absolute atomic E-state index is 0.691. The number of hydrogen-bond donors (Lipinski definition) is 1. The quantitative estimate of drug-likeness (QED) is 0.669. The summed E-state index contributed by atoms with van der Waals surface area (Å²) in [6.07, 6.45) is 8.59. The Morgan fingerprint density at radius 2 is 2.12 bits per heavy atom. The second-order valence-corrected chi connectivity index (χ2v) is 5.07. The lowest BCUT2D eigenvalue weighted by atomic mass is 10.0. The number of nitrogens with zero attached hydrogens (tertiary/aromatic N) is 1. The number of nitrogens with one attached hydrogen (secondary N) is 1. The van der Waals surface area contributed by atoms with Gasteiger partial charge in [0.15, 0.2) is 0 Å². The molecule has 1 aliphatic heterocycles. The Labute approximate surface area is 101 Å². The smallest absolute Gasteiger partial charge is 0.0160 e. The van der Waals surface area contributed by atoms with Gasteiger partial charge in [-0.05, 0) is 39.3 Å². The van der Waals surface area contributed by atoms with Crippen LogP contribution in [-0.2, 0) is 0 Å². The van der Waals surface area contributed by atoms with E-state index in [1.807, 2.05) is 6.08 Å². The molecule has 0 spiro atoms. The first-order valence-corrected chi connectivity index (χ1v) is 6.85. The molecule has 1 N–H and O–H groups in total. The largest absolute Gasteiger partial charge is 0.311 e. The zero-order chi connectivity index (χ0) is 11.8. The number of piperidine rings is 1. The molecule has 0 radical (unpaired) electrons. The van der Waals surface area contributed by atoms with Crippen LogP contribution in [0.15, 0.2) is 12.7 Å². The molecule has 1 heterocycles. The van der Waals surface area contributed by atoms with E-state index in [0.29, 0.717) is 6.04 Å². The molecule has 0 amide bonds. The molecule has 1 rings (SSSR count). The monoisotopic (exact) mass is 224 g/mol. The molecule has 2 nitrogen and oxygen atoms in total. The van der Waals surface area contributed by atoms with Crippen molar-refractivity contribution in [3.63, 3.8) is 0 Å². The van der Waals surface area contributed by atoms with Crippen molar-refractivity contribution < 1.29 is 0 Å². The molecule has 0 aromatic heterocycles. The van der Waals surface area contributed by atoms with Crippen LogP contribution in [0, 0.1) is 0 Å². The van der Waals surface area contributed by atoms with Gasteiger partial charge >= 0.3 is 0 Å². The Balaban J connectivity index is 2.13. The summed E-state index contributed by atoms with van der Waals surface area (Å²) in [5, 5.41) is 3.76. The molecule has 94 valence electrons. The van der Waals surface area contributed by atoms with Crippen molar-refractivity contribution in [2.75, 3.05) is 19.6 Å². The van der Waals surface area contributed by atoms with Crippen LogP contribution in [-0.4, -0.2) is 36.6 Å². The SMILES string of the molecule is C=CCN1CCC(NC(C)CCCC)CC1. The molecular weight excluding hydrogens is 196 g/mol. The van der Waals surface area contributed by atoms with Crippen molar-refractivity contribution in [2.24, 2.45) is 0 Å². The van der Waals surface area contributed by atoms with E-state index >= 15 is 0 Å². The second-order valence-electron chi connectivity index (χ2n) is 5.07. The van der Waals surface area contributed by atoms with Gasteiger partial charge in [-0.25, -0.2) is 0 Å². The van der Waals surface area contributed by atoms with Gasteiger partial charge in [-0.2, -0.15) is 0 Å². The summed E-state index contributed by atoms with van der Waals surface area (Å²) in [5.74, 6) is 0. The minimum Gasteiger partial charge on any atom is -0.311 e. The summed E-state index contributed by atoms with van der Waals surface area (Å²) < 4.78 is 0. The van der Waals surface area contributed by atoms with E-state index in [2.05, 4.69) is 30.6 Å². The van der Waals surface area contributed by atoms with Gasteiger partial charge in [0.1, 0.15) is 0 Å². The van der Waals surface area contributed by atoms with Crippen LogP contribution in [0.4, 0.5) is 0 Å². The summed E-state index contributed by atoms with van der Waals surface area (Å²) in [6.45, 7) is 11.9. The van der Waals surface area contributed by atoms with Gasteiger partial charge < -0.3 is 5.32 Å². The Kier molecular flexibility index (Phi) is 6.74. The first-order valence-electron chi connectivity index (χ1n) is 6.85. The maximum atomic E-state index is 3.80. The molecule has 16 heavy (non-hydrogen) atoms. The molecule has 1 aliphatic rings. The van der Waals surface area contributed by atoms with E-state index in [-0.39, 0.29) is 0 Å². The Bertz CT molecular complexity index is 183. The molecule has 1 atom stereocenters. The summed E-state index contributed by atoms with van der Waals surface area (Å²) >= 11 is 0. The predicted octanol–water partition coefficient (Wildman–Crippen LogP) is 2.81. The lowest BCUT2D eigenvalue weighted by molar-refractivity contribution is 0.206. The van der Waals surface area contributed by atoms with Crippen molar-refractivity contribution >= 4 is 0 Å². The average Bonchev–Trinajstić information content (AvgIpc) is 2.29. The maximum Gasteiger partial charge on any atom is 0.0160 e. The second kappa shape index (κ2) is 7.86. The number of unbranched alkanes of at least 4 members (excludes halogenated alkanes) is 1. The zero-order valence-electron chi connectivity index (χ0n) is 11.0. The summed E-state index contributed by atoms with van der Waals surface area (Å²) in [6, 6.07) is 1.43. The highest BCUT2D eigenvalue weighted by Gasteiger charge is 2.19. The highest BCUT2D eigenvalue weighted by Crippen LogP contribution is 2.12. The van der Waals surface area contributed by atoms with E-state index in [1.165, 1.54) is 45.2 Å². The Morgan fingerprint density at radius 1 is 1.44 bits per heavy atom. The fraction of sp³-hybridized carbons (Fsp3) is 0.857. The van der Waals surface area contributed by atoms with Gasteiger partial charge in [-0.3, -0.25) is 4.90 Å².